The Balaban J connectivity index is 1.73. The zero-order valence-corrected chi connectivity index (χ0v) is 20.5. The molecule has 2 N–H and O–H groups in total. The highest BCUT2D eigenvalue weighted by molar-refractivity contribution is 5.40. The fraction of sp³-hybridized carbons (Fsp3) is 0.655. The molecule has 5 atom stereocenters. The van der Waals surface area contributed by atoms with Gasteiger partial charge in [-0.15, -0.1) is 0 Å². The summed E-state index contributed by atoms with van der Waals surface area (Å²) in [5, 5.41) is 20.5. The molecule has 0 aliphatic heterocycles. The minimum atomic E-state index is -1.13. The van der Waals surface area contributed by atoms with Crippen LogP contribution in [0.15, 0.2) is 59.3 Å². The number of hydrogen-bond acceptors (Lipinski definition) is 2. The van der Waals surface area contributed by atoms with Gasteiger partial charge in [0.25, 0.3) is 0 Å². The average molecular weight is 443 g/mol. The zero-order valence-electron chi connectivity index (χ0n) is 20.5. The summed E-state index contributed by atoms with van der Waals surface area (Å²) in [7, 11) is 0. The van der Waals surface area contributed by atoms with Gasteiger partial charge in [-0.3, -0.25) is 0 Å². The van der Waals surface area contributed by atoms with Gasteiger partial charge in [0.15, 0.2) is 0 Å². The van der Waals surface area contributed by atoms with Gasteiger partial charge in [0, 0.05) is 6.42 Å². The van der Waals surface area contributed by atoms with E-state index in [2.05, 4.69) is 38.7 Å². The maximum atomic E-state index is 14.1. The molecule has 3 aliphatic rings. The van der Waals surface area contributed by atoms with Gasteiger partial charge in [-0.05, 0) is 79.8 Å². The fourth-order valence-electron chi connectivity index (χ4n) is 6.15. The van der Waals surface area contributed by atoms with Crippen molar-refractivity contribution in [3.8, 4) is 0 Å². The largest absolute Gasteiger partial charge is 0.393 e. The predicted molar refractivity (Wildman–Crippen MR) is 132 cm³/mol. The molecule has 0 spiro atoms. The van der Waals surface area contributed by atoms with Gasteiger partial charge in [0.1, 0.15) is 6.17 Å². The smallest absolute Gasteiger partial charge is 0.127 e. The maximum absolute atomic E-state index is 14.1. The molecule has 32 heavy (non-hydrogen) atoms. The SMILES string of the molecule is C=C1/C(=C\C=C2/CCC[C@]3(C)C(C(C)C/C=C/C(O)(CC)CC)=CC[C@@H]23)C[C@@H](O)C[C@H]1F. The van der Waals surface area contributed by atoms with Crippen LogP contribution in [0.3, 0.4) is 0 Å². The van der Waals surface area contributed by atoms with Crippen molar-refractivity contribution in [3.05, 3.63) is 59.3 Å². The van der Waals surface area contributed by atoms with E-state index in [0.29, 0.717) is 23.8 Å². The highest BCUT2D eigenvalue weighted by Crippen LogP contribution is 2.57. The van der Waals surface area contributed by atoms with Gasteiger partial charge in [-0.2, -0.15) is 0 Å². The van der Waals surface area contributed by atoms with Gasteiger partial charge in [0.2, 0.25) is 0 Å². The lowest BCUT2D eigenvalue weighted by atomic mass is 9.62. The van der Waals surface area contributed by atoms with E-state index in [-0.39, 0.29) is 11.8 Å². The molecule has 0 aromatic carbocycles. The third-order valence-corrected chi connectivity index (χ3v) is 8.51. The van der Waals surface area contributed by atoms with E-state index < -0.39 is 17.9 Å². The zero-order chi connectivity index (χ0) is 23.5. The Bertz CT molecular complexity index is 813. The van der Waals surface area contributed by atoms with Crippen LogP contribution in [-0.4, -0.2) is 28.1 Å². The molecule has 0 aromatic rings. The lowest BCUT2D eigenvalue weighted by Crippen LogP contribution is -2.32. The van der Waals surface area contributed by atoms with E-state index in [4.69, 9.17) is 0 Å². The highest BCUT2D eigenvalue weighted by Gasteiger charge is 2.45. The summed E-state index contributed by atoms with van der Waals surface area (Å²) < 4.78 is 14.1. The van der Waals surface area contributed by atoms with Crippen LogP contribution in [0.4, 0.5) is 4.39 Å². The number of allylic oxidation sites excluding steroid dienone is 7. The van der Waals surface area contributed by atoms with Crippen LogP contribution in [0.25, 0.3) is 0 Å². The summed E-state index contributed by atoms with van der Waals surface area (Å²) in [6.45, 7) is 12.7. The molecule has 2 nitrogen and oxygen atoms in total. The third-order valence-electron chi connectivity index (χ3n) is 8.51. The lowest BCUT2D eigenvalue weighted by molar-refractivity contribution is 0.0824. The standard InChI is InChI=1S/C29H43FO2/c1-6-29(32,7-2)17-8-10-20(3)25-14-15-26-22(11-9-16-28(25,26)5)12-13-23-18-24(31)19-27(30)21(23)4/h8,12-14,17,20,24,26-27,31-32H,4,6-7,9-11,15-16,18-19H2,1-3,5H3/b17-8+,22-12+,23-13-/t20?,24-,26+,27-,28-/m1/s1. The summed E-state index contributed by atoms with van der Waals surface area (Å²) in [5.41, 5.74) is 3.90. The van der Waals surface area contributed by atoms with E-state index >= 15 is 0 Å². The average Bonchev–Trinajstić information content (AvgIpc) is 3.12. The van der Waals surface area contributed by atoms with Gasteiger partial charge >= 0.3 is 0 Å². The van der Waals surface area contributed by atoms with Gasteiger partial charge in [-0.25, -0.2) is 4.39 Å². The summed E-state index contributed by atoms with van der Waals surface area (Å²) in [6, 6.07) is 0. The fourth-order valence-corrected chi connectivity index (χ4v) is 6.15. The van der Waals surface area contributed by atoms with Crippen molar-refractivity contribution in [2.75, 3.05) is 0 Å². The van der Waals surface area contributed by atoms with Crippen LogP contribution in [0.1, 0.15) is 85.5 Å². The molecule has 3 rings (SSSR count). The molecular formula is C29H43FO2. The van der Waals surface area contributed by atoms with E-state index in [0.717, 1.165) is 37.7 Å². The molecule has 0 heterocycles. The molecular weight excluding hydrogens is 399 g/mol. The van der Waals surface area contributed by atoms with Crippen LogP contribution in [0.5, 0.6) is 0 Å². The molecule has 2 saturated carbocycles. The Kier molecular flexibility index (Phi) is 8.04. The number of hydrogen-bond donors (Lipinski definition) is 2. The Morgan fingerprint density at radius 1 is 1.31 bits per heavy atom. The lowest BCUT2D eigenvalue weighted by Gasteiger charge is -2.42. The monoisotopic (exact) mass is 442 g/mol. The molecule has 1 unspecified atom stereocenters. The van der Waals surface area contributed by atoms with Crippen molar-refractivity contribution >= 4 is 0 Å². The topological polar surface area (TPSA) is 40.5 Å². The molecule has 178 valence electrons. The number of fused-ring (bicyclic) bond motifs is 1. The first-order valence-corrected chi connectivity index (χ1v) is 12.6. The van der Waals surface area contributed by atoms with Crippen LogP contribution in [0.2, 0.25) is 0 Å². The molecule has 0 saturated heterocycles. The van der Waals surface area contributed by atoms with Crippen LogP contribution in [-0.2, 0) is 0 Å². The molecule has 3 aliphatic carbocycles. The number of halogens is 1. The van der Waals surface area contributed by atoms with Crippen LogP contribution < -0.4 is 0 Å². The van der Waals surface area contributed by atoms with E-state index in [1.54, 1.807) is 5.57 Å². The second kappa shape index (κ2) is 10.2. The third kappa shape index (κ3) is 5.20. The number of rotatable bonds is 7. The number of aliphatic hydroxyl groups excluding tert-OH is 1. The first-order valence-electron chi connectivity index (χ1n) is 12.6. The summed E-state index contributed by atoms with van der Waals surface area (Å²) in [5.74, 6) is 0.957. The Morgan fingerprint density at radius 3 is 2.72 bits per heavy atom. The van der Waals surface area contributed by atoms with E-state index in [1.807, 2.05) is 26.0 Å². The normalized spacial score (nSPS) is 34.9. The highest BCUT2D eigenvalue weighted by atomic mass is 19.1. The molecule has 0 radical (unpaired) electrons. The first-order chi connectivity index (χ1) is 15.1. The van der Waals surface area contributed by atoms with Crippen molar-refractivity contribution in [2.24, 2.45) is 17.3 Å². The van der Waals surface area contributed by atoms with Crippen molar-refractivity contribution in [3.63, 3.8) is 0 Å². The van der Waals surface area contributed by atoms with Crippen LogP contribution >= 0.6 is 0 Å². The summed E-state index contributed by atoms with van der Waals surface area (Å²) in [4.78, 5) is 0. The first kappa shape index (κ1) is 25.2. The van der Waals surface area contributed by atoms with E-state index in [1.165, 1.54) is 18.4 Å². The van der Waals surface area contributed by atoms with Crippen molar-refractivity contribution < 1.29 is 14.6 Å². The summed E-state index contributed by atoms with van der Waals surface area (Å²) in [6.07, 6.45) is 16.8. The van der Waals surface area contributed by atoms with Gasteiger partial charge in [-0.1, -0.05) is 75.8 Å². The second-order valence-corrected chi connectivity index (χ2v) is 10.6. The Morgan fingerprint density at radius 2 is 2.03 bits per heavy atom. The predicted octanol–water partition coefficient (Wildman–Crippen LogP) is 7.16. The Labute approximate surface area is 194 Å². The van der Waals surface area contributed by atoms with E-state index in [9.17, 15) is 14.6 Å². The van der Waals surface area contributed by atoms with Crippen molar-refractivity contribution in [1.82, 2.24) is 0 Å². The minimum Gasteiger partial charge on any atom is -0.393 e. The van der Waals surface area contributed by atoms with Crippen molar-refractivity contribution in [2.45, 2.75) is 103 Å². The minimum absolute atomic E-state index is 0.168. The maximum Gasteiger partial charge on any atom is 0.127 e. The number of alkyl halides is 1. The molecule has 0 aromatic heterocycles. The molecule has 3 heteroatoms. The van der Waals surface area contributed by atoms with Gasteiger partial charge in [0.05, 0.1) is 11.7 Å². The molecule has 0 amide bonds. The second-order valence-electron chi connectivity index (χ2n) is 10.6. The molecule has 0 bridgehead atoms. The molecule has 2 fully saturated rings. The Hall–Kier alpha value is -1.45. The van der Waals surface area contributed by atoms with Crippen molar-refractivity contribution in [1.29, 1.82) is 0 Å². The summed E-state index contributed by atoms with van der Waals surface area (Å²) >= 11 is 0. The quantitative estimate of drug-likeness (QED) is 0.411. The van der Waals surface area contributed by atoms with Crippen LogP contribution in [0, 0.1) is 17.3 Å². The number of aliphatic hydroxyl groups is 2. The van der Waals surface area contributed by atoms with Gasteiger partial charge < -0.3 is 10.2 Å².